The minimum atomic E-state index is 0.764. The van der Waals surface area contributed by atoms with Crippen LogP contribution in [0.5, 0.6) is 0 Å². The molecule has 0 bridgehead atoms. The highest BCUT2D eigenvalue weighted by atomic mass is 15.0. The highest BCUT2D eigenvalue weighted by molar-refractivity contribution is 5.16. The Hall–Kier alpha value is -0.300. The summed E-state index contributed by atoms with van der Waals surface area (Å²) in [5.74, 6) is 0.903. The molecule has 0 aromatic heterocycles. The van der Waals surface area contributed by atoms with Crippen LogP contribution in [-0.2, 0) is 0 Å². The van der Waals surface area contributed by atoms with Gasteiger partial charge in [-0.15, -0.1) is 0 Å². The minimum absolute atomic E-state index is 0.764. The molecule has 1 heteroatoms. The molecule has 1 N–H and O–H groups in total. The molecule has 1 saturated heterocycles. The van der Waals surface area contributed by atoms with E-state index in [0.29, 0.717) is 0 Å². The van der Waals surface area contributed by atoms with Gasteiger partial charge >= 0.3 is 0 Å². The minimum Gasteiger partial charge on any atom is -0.310 e. The van der Waals surface area contributed by atoms with Gasteiger partial charge in [-0.1, -0.05) is 12.2 Å². The summed E-state index contributed by atoms with van der Waals surface area (Å²) < 4.78 is 0. The van der Waals surface area contributed by atoms with Crippen LogP contribution in [-0.4, -0.2) is 12.6 Å². The number of nitrogens with one attached hydrogen (secondary N) is 1. The van der Waals surface area contributed by atoms with Crippen molar-refractivity contribution < 1.29 is 0 Å². The van der Waals surface area contributed by atoms with E-state index < -0.39 is 0 Å². The van der Waals surface area contributed by atoms with E-state index >= 15 is 0 Å². The number of fused-ring (bicyclic) bond motifs is 1. The molecule has 1 fully saturated rings. The van der Waals surface area contributed by atoms with Crippen molar-refractivity contribution >= 4 is 0 Å². The van der Waals surface area contributed by atoms with Gasteiger partial charge < -0.3 is 5.32 Å². The normalized spacial score (nSPS) is 45.7. The number of rotatable bonds is 0. The maximum Gasteiger partial charge on any atom is 0.0313 e. The van der Waals surface area contributed by atoms with E-state index in [-0.39, 0.29) is 0 Å². The summed E-state index contributed by atoms with van der Waals surface area (Å²) >= 11 is 0. The third-order valence-corrected chi connectivity index (χ3v) is 1.88. The predicted molar refractivity (Wildman–Crippen MR) is 29.0 cm³/mol. The highest BCUT2D eigenvalue weighted by Crippen LogP contribution is 2.25. The first-order valence-electron chi connectivity index (χ1n) is 2.88. The van der Waals surface area contributed by atoms with Crippen LogP contribution in [0.25, 0.3) is 0 Å². The van der Waals surface area contributed by atoms with Gasteiger partial charge in [-0.2, -0.15) is 0 Å². The summed E-state index contributed by atoms with van der Waals surface area (Å²) in [4.78, 5) is 0. The average Bonchev–Trinajstić information content (AvgIpc) is 1.85. The summed E-state index contributed by atoms with van der Waals surface area (Å²) in [5.41, 5.74) is 0. The molecule has 0 saturated carbocycles. The van der Waals surface area contributed by atoms with E-state index in [1.807, 2.05) is 0 Å². The lowest BCUT2D eigenvalue weighted by molar-refractivity contribution is 0.563. The molecule has 0 radical (unpaired) electrons. The summed E-state index contributed by atoms with van der Waals surface area (Å²) in [7, 11) is 0. The van der Waals surface area contributed by atoms with Crippen LogP contribution in [0.2, 0.25) is 0 Å². The predicted octanol–water partition coefficient (Wildman–Crippen LogP) is 0.534. The molecule has 1 nitrogen and oxygen atoms in total. The Morgan fingerprint density at radius 3 is 2.71 bits per heavy atom. The highest BCUT2D eigenvalue weighted by Gasteiger charge is 2.27. The first-order valence-corrected chi connectivity index (χ1v) is 2.88. The van der Waals surface area contributed by atoms with Crippen LogP contribution in [0.1, 0.15) is 6.42 Å². The molecule has 0 aromatic carbocycles. The molecule has 0 aromatic rings. The van der Waals surface area contributed by atoms with Crippen molar-refractivity contribution in [2.24, 2.45) is 5.92 Å². The number of hydrogen-bond acceptors (Lipinski definition) is 1. The zero-order valence-corrected chi connectivity index (χ0v) is 4.22. The SMILES string of the molecule is C1=C[C@H]2CCN[C@@H]12. The van der Waals surface area contributed by atoms with Gasteiger partial charge in [0.1, 0.15) is 0 Å². The Morgan fingerprint density at radius 1 is 1.43 bits per heavy atom. The van der Waals surface area contributed by atoms with E-state index in [0.717, 1.165) is 12.0 Å². The van der Waals surface area contributed by atoms with Gasteiger partial charge in [-0.25, -0.2) is 0 Å². The van der Waals surface area contributed by atoms with Gasteiger partial charge in [-0.05, 0) is 18.9 Å². The van der Waals surface area contributed by atoms with Crippen molar-refractivity contribution in [1.29, 1.82) is 0 Å². The Kier molecular flexibility index (Phi) is 0.577. The van der Waals surface area contributed by atoms with E-state index in [1.165, 1.54) is 13.0 Å². The zero-order chi connectivity index (χ0) is 4.69. The lowest BCUT2D eigenvalue weighted by Gasteiger charge is -2.19. The molecule has 0 spiro atoms. The molecule has 1 aliphatic heterocycles. The lowest BCUT2D eigenvalue weighted by atomic mass is 9.91. The maximum atomic E-state index is 3.37. The average molecular weight is 95.1 g/mol. The fraction of sp³-hybridized carbons (Fsp3) is 0.667. The van der Waals surface area contributed by atoms with Crippen LogP contribution in [0.3, 0.4) is 0 Å². The zero-order valence-electron chi connectivity index (χ0n) is 4.22. The van der Waals surface area contributed by atoms with Gasteiger partial charge in [0.25, 0.3) is 0 Å². The summed E-state index contributed by atoms with van der Waals surface area (Å²) in [6.45, 7) is 1.22. The second kappa shape index (κ2) is 1.10. The Morgan fingerprint density at radius 2 is 2.43 bits per heavy atom. The first kappa shape index (κ1) is 3.67. The summed E-state index contributed by atoms with van der Waals surface area (Å²) in [5, 5.41) is 3.37. The molecule has 2 atom stereocenters. The van der Waals surface area contributed by atoms with Crippen LogP contribution in [0.4, 0.5) is 0 Å². The largest absolute Gasteiger partial charge is 0.310 e. The standard InChI is InChI=1S/C6H9N/c1-2-6-5(1)3-4-7-6/h1-2,5-7H,3-4H2/t5-,6-/m0/s1. The summed E-state index contributed by atoms with van der Waals surface area (Å²) in [6.07, 6.45) is 5.91. The maximum absolute atomic E-state index is 3.37. The lowest BCUT2D eigenvalue weighted by Crippen LogP contribution is -2.28. The molecule has 1 aliphatic carbocycles. The monoisotopic (exact) mass is 95.1 g/mol. The van der Waals surface area contributed by atoms with E-state index in [9.17, 15) is 0 Å². The van der Waals surface area contributed by atoms with E-state index in [4.69, 9.17) is 0 Å². The van der Waals surface area contributed by atoms with Crippen molar-refractivity contribution in [3.05, 3.63) is 12.2 Å². The number of hydrogen-bond donors (Lipinski definition) is 1. The quantitative estimate of drug-likeness (QED) is 0.433. The van der Waals surface area contributed by atoms with Gasteiger partial charge in [-0.3, -0.25) is 0 Å². The van der Waals surface area contributed by atoms with Crippen molar-refractivity contribution in [1.82, 2.24) is 5.32 Å². The Bertz CT molecular complexity index is 94.7. The summed E-state index contributed by atoms with van der Waals surface area (Å²) in [6, 6.07) is 0.764. The van der Waals surface area contributed by atoms with Crippen molar-refractivity contribution in [3.8, 4) is 0 Å². The molecule has 7 heavy (non-hydrogen) atoms. The van der Waals surface area contributed by atoms with Crippen LogP contribution in [0.15, 0.2) is 12.2 Å². The molecule has 38 valence electrons. The smallest absolute Gasteiger partial charge is 0.0313 e. The van der Waals surface area contributed by atoms with Gasteiger partial charge in [0.05, 0.1) is 0 Å². The van der Waals surface area contributed by atoms with Crippen molar-refractivity contribution in [2.75, 3.05) is 6.54 Å². The van der Waals surface area contributed by atoms with Gasteiger partial charge in [0.15, 0.2) is 0 Å². The van der Waals surface area contributed by atoms with Crippen LogP contribution >= 0.6 is 0 Å². The van der Waals surface area contributed by atoms with Crippen molar-refractivity contribution in [2.45, 2.75) is 12.5 Å². The molecule has 2 rings (SSSR count). The van der Waals surface area contributed by atoms with Gasteiger partial charge in [0, 0.05) is 6.04 Å². The Labute approximate surface area is 43.4 Å². The molecular formula is C6H9N. The molecular weight excluding hydrogens is 86.1 g/mol. The Balaban J connectivity index is 2.17. The second-order valence-corrected chi connectivity index (χ2v) is 2.32. The van der Waals surface area contributed by atoms with E-state index in [1.54, 1.807) is 0 Å². The van der Waals surface area contributed by atoms with E-state index in [2.05, 4.69) is 17.5 Å². The second-order valence-electron chi connectivity index (χ2n) is 2.32. The molecule has 2 aliphatic rings. The molecule has 0 unspecified atom stereocenters. The third kappa shape index (κ3) is 0.361. The first-order chi connectivity index (χ1) is 3.47. The fourth-order valence-corrected chi connectivity index (χ4v) is 1.29. The molecule has 0 amide bonds. The van der Waals surface area contributed by atoms with Crippen molar-refractivity contribution in [3.63, 3.8) is 0 Å². The molecule has 1 heterocycles. The van der Waals surface area contributed by atoms with Crippen LogP contribution < -0.4 is 5.32 Å². The van der Waals surface area contributed by atoms with Crippen LogP contribution in [0, 0.1) is 5.92 Å². The third-order valence-electron chi connectivity index (χ3n) is 1.88. The fourth-order valence-electron chi connectivity index (χ4n) is 1.29. The topological polar surface area (TPSA) is 12.0 Å². The van der Waals surface area contributed by atoms with Gasteiger partial charge in [0.2, 0.25) is 0 Å².